The number of hydrogen-bond acceptors (Lipinski definition) is 2. The average Bonchev–Trinajstić information content (AvgIpc) is 2.88. The summed E-state index contributed by atoms with van der Waals surface area (Å²) in [5, 5.41) is 3.13. The van der Waals surface area contributed by atoms with Crippen LogP contribution < -0.4 is 5.32 Å². The molecular formula is C18H30N4O. The molecular weight excluding hydrogens is 288 g/mol. The van der Waals surface area contributed by atoms with Gasteiger partial charge in [0.25, 0.3) is 0 Å². The predicted molar refractivity (Wildman–Crippen MR) is 91.3 cm³/mol. The van der Waals surface area contributed by atoms with Crippen LogP contribution >= 0.6 is 0 Å². The standard InChI is InChI=1S/C18H30N4O/c1-14-20-16-10-12-22(13-17(16)21-14)18(23)19-11-9-15-7-5-3-2-4-6-8-15/h15H,2-13H2,1H3,(H,19,23)(H,20,21). The van der Waals surface area contributed by atoms with Crippen LogP contribution in [0.15, 0.2) is 0 Å². The maximum absolute atomic E-state index is 12.4. The number of H-pyrrole nitrogens is 1. The second-order valence-corrected chi connectivity index (χ2v) is 7.15. The van der Waals surface area contributed by atoms with Crippen molar-refractivity contribution in [1.82, 2.24) is 20.2 Å². The van der Waals surface area contributed by atoms with Gasteiger partial charge in [0.2, 0.25) is 0 Å². The van der Waals surface area contributed by atoms with Gasteiger partial charge in [0.15, 0.2) is 0 Å². The third-order valence-corrected chi connectivity index (χ3v) is 5.29. The van der Waals surface area contributed by atoms with Crippen LogP contribution in [-0.2, 0) is 13.0 Å². The van der Waals surface area contributed by atoms with E-state index in [-0.39, 0.29) is 6.03 Å². The number of aromatic nitrogens is 2. The summed E-state index contributed by atoms with van der Waals surface area (Å²) >= 11 is 0. The van der Waals surface area contributed by atoms with Gasteiger partial charge in [-0.15, -0.1) is 0 Å². The molecule has 0 unspecified atom stereocenters. The minimum Gasteiger partial charge on any atom is -0.344 e. The molecule has 2 amide bonds. The number of urea groups is 1. The summed E-state index contributed by atoms with van der Waals surface area (Å²) in [6.07, 6.45) is 11.6. The number of nitrogens with one attached hydrogen (secondary N) is 2. The Balaban J connectivity index is 1.41. The number of aromatic amines is 1. The lowest BCUT2D eigenvalue weighted by Crippen LogP contribution is -2.43. The van der Waals surface area contributed by atoms with E-state index in [0.29, 0.717) is 6.54 Å². The quantitative estimate of drug-likeness (QED) is 0.895. The van der Waals surface area contributed by atoms with Crippen molar-refractivity contribution in [2.45, 2.75) is 71.3 Å². The maximum atomic E-state index is 12.4. The molecule has 1 aromatic heterocycles. The number of amides is 2. The molecule has 2 heterocycles. The van der Waals surface area contributed by atoms with E-state index in [1.54, 1.807) is 0 Å². The van der Waals surface area contributed by atoms with Crippen LogP contribution in [0.2, 0.25) is 0 Å². The molecule has 3 rings (SSSR count). The number of rotatable bonds is 3. The Kier molecular flexibility index (Phi) is 5.57. The molecule has 0 spiro atoms. The first-order chi connectivity index (χ1) is 11.2. The molecule has 5 nitrogen and oxygen atoms in total. The molecule has 2 aliphatic rings. The van der Waals surface area contributed by atoms with E-state index in [2.05, 4.69) is 15.3 Å². The predicted octanol–water partition coefficient (Wildman–Crippen LogP) is 3.54. The van der Waals surface area contributed by atoms with Gasteiger partial charge >= 0.3 is 6.03 Å². The lowest BCUT2D eigenvalue weighted by Gasteiger charge is -2.27. The minimum atomic E-state index is 0.0775. The Morgan fingerprint density at radius 3 is 2.78 bits per heavy atom. The van der Waals surface area contributed by atoms with Gasteiger partial charge in [-0.25, -0.2) is 9.78 Å². The highest BCUT2D eigenvalue weighted by molar-refractivity contribution is 5.74. The molecule has 1 aliphatic heterocycles. The van der Waals surface area contributed by atoms with E-state index in [0.717, 1.165) is 49.1 Å². The molecule has 1 aromatic rings. The van der Waals surface area contributed by atoms with Gasteiger partial charge < -0.3 is 15.2 Å². The summed E-state index contributed by atoms with van der Waals surface area (Å²) in [5.74, 6) is 1.75. The van der Waals surface area contributed by atoms with Crippen molar-refractivity contribution in [3.63, 3.8) is 0 Å². The molecule has 23 heavy (non-hydrogen) atoms. The third kappa shape index (κ3) is 4.49. The Morgan fingerprint density at radius 1 is 1.26 bits per heavy atom. The zero-order chi connectivity index (χ0) is 16.1. The van der Waals surface area contributed by atoms with Crippen molar-refractivity contribution in [3.05, 3.63) is 17.2 Å². The summed E-state index contributed by atoms with van der Waals surface area (Å²) in [4.78, 5) is 22.0. The van der Waals surface area contributed by atoms with Crippen molar-refractivity contribution < 1.29 is 4.79 Å². The molecule has 2 N–H and O–H groups in total. The zero-order valence-electron chi connectivity index (χ0n) is 14.4. The topological polar surface area (TPSA) is 61.0 Å². The van der Waals surface area contributed by atoms with E-state index >= 15 is 0 Å². The van der Waals surface area contributed by atoms with Gasteiger partial charge in [-0.3, -0.25) is 0 Å². The monoisotopic (exact) mass is 318 g/mol. The van der Waals surface area contributed by atoms with Crippen LogP contribution in [0.4, 0.5) is 4.79 Å². The number of hydrogen-bond donors (Lipinski definition) is 2. The number of nitrogens with zero attached hydrogens (tertiary/aromatic N) is 2. The largest absolute Gasteiger partial charge is 0.344 e. The molecule has 0 aromatic carbocycles. The van der Waals surface area contributed by atoms with Crippen molar-refractivity contribution >= 4 is 6.03 Å². The van der Waals surface area contributed by atoms with Gasteiger partial charge in [-0.05, 0) is 19.3 Å². The molecule has 0 radical (unpaired) electrons. The second-order valence-electron chi connectivity index (χ2n) is 7.15. The molecule has 0 bridgehead atoms. The number of fused-ring (bicyclic) bond motifs is 1. The van der Waals surface area contributed by atoms with Gasteiger partial charge in [0.1, 0.15) is 5.82 Å². The normalized spacial score (nSPS) is 19.8. The number of imidazole rings is 1. The summed E-state index contributed by atoms with van der Waals surface area (Å²) < 4.78 is 0. The van der Waals surface area contributed by atoms with E-state index in [9.17, 15) is 4.79 Å². The van der Waals surface area contributed by atoms with Crippen LogP contribution in [0.25, 0.3) is 0 Å². The van der Waals surface area contributed by atoms with Crippen molar-refractivity contribution in [2.24, 2.45) is 5.92 Å². The maximum Gasteiger partial charge on any atom is 0.317 e. The summed E-state index contributed by atoms with van der Waals surface area (Å²) in [5.41, 5.74) is 2.23. The fourth-order valence-electron chi connectivity index (χ4n) is 3.93. The molecule has 1 saturated carbocycles. The minimum absolute atomic E-state index is 0.0775. The van der Waals surface area contributed by atoms with Crippen LogP contribution in [0, 0.1) is 12.8 Å². The van der Waals surface area contributed by atoms with E-state index in [4.69, 9.17) is 0 Å². The molecule has 1 fully saturated rings. The smallest absolute Gasteiger partial charge is 0.317 e. The third-order valence-electron chi connectivity index (χ3n) is 5.29. The number of carbonyl (C=O) groups excluding carboxylic acids is 1. The van der Waals surface area contributed by atoms with Gasteiger partial charge in [0, 0.05) is 19.5 Å². The van der Waals surface area contributed by atoms with Gasteiger partial charge in [0.05, 0.1) is 17.9 Å². The highest BCUT2D eigenvalue weighted by Crippen LogP contribution is 2.24. The molecule has 0 saturated heterocycles. The Morgan fingerprint density at radius 2 is 2.00 bits per heavy atom. The Hall–Kier alpha value is -1.52. The van der Waals surface area contributed by atoms with Crippen molar-refractivity contribution in [3.8, 4) is 0 Å². The van der Waals surface area contributed by atoms with E-state index in [1.807, 2.05) is 11.8 Å². The van der Waals surface area contributed by atoms with Crippen LogP contribution in [0.5, 0.6) is 0 Å². The highest BCUT2D eigenvalue weighted by Gasteiger charge is 2.23. The fraction of sp³-hybridized carbons (Fsp3) is 0.778. The van der Waals surface area contributed by atoms with E-state index < -0.39 is 0 Å². The summed E-state index contributed by atoms with van der Waals surface area (Å²) in [6, 6.07) is 0.0775. The first-order valence-electron chi connectivity index (χ1n) is 9.29. The lowest BCUT2D eigenvalue weighted by molar-refractivity contribution is 0.190. The first kappa shape index (κ1) is 16.3. The lowest BCUT2D eigenvalue weighted by atomic mass is 9.89. The Labute approximate surface area is 139 Å². The summed E-state index contributed by atoms with van der Waals surface area (Å²) in [6.45, 7) is 4.21. The first-order valence-corrected chi connectivity index (χ1v) is 9.29. The van der Waals surface area contributed by atoms with Crippen molar-refractivity contribution in [1.29, 1.82) is 0 Å². The van der Waals surface area contributed by atoms with Gasteiger partial charge in [-0.2, -0.15) is 0 Å². The Bertz CT molecular complexity index is 517. The summed E-state index contributed by atoms with van der Waals surface area (Å²) in [7, 11) is 0. The molecule has 5 heteroatoms. The van der Waals surface area contributed by atoms with Gasteiger partial charge in [-0.1, -0.05) is 44.9 Å². The van der Waals surface area contributed by atoms with Crippen LogP contribution in [0.3, 0.4) is 0 Å². The SMILES string of the molecule is Cc1nc2c([nH]1)CN(C(=O)NCCC1CCCCCCC1)CC2. The number of aryl methyl sites for hydroxylation is 1. The highest BCUT2D eigenvalue weighted by atomic mass is 16.2. The average molecular weight is 318 g/mol. The molecule has 128 valence electrons. The fourth-order valence-corrected chi connectivity index (χ4v) is 3.93. The van der Waals surface area contributed by atoms with Crippen LogP contribution in [-0.4, -0.2) is 34.0 Å². The van der Waals surface area contributed by atoms with Crippen molar-refractivity contribution in [2.75, 3.05) is 13.1 Å². The molecule has 0 atom stereocenters. The molecule has 1 aliphatic carbocycles. The van der Waals surface area contributed by atoms with E-state index in [1.165, 1.54) is 44.9 Å². The number of carbonyl (C=O) groups is 1. The second kappa shape index (κ2) is 7.84. The van der Waals surface area contributed by atoms with Crippen LogP contribution in [0.1, 0.15) is 68.6 Å². The zero-order valence-corrected chi connectivity index (χ0v) is 14.4.